The van der Waals surface area contributed by atoms with E-state index in [1.807, 2.05) is 24.3 Å². The molecule has 2 heterocycles. The first-order chi connectivity index (χ1) is 13.2. The first-order valence-corrected chi connectivity index (χ1v) is 9.35. The number of benzene rings is 1. The Kier molecular flexibility index (Phi) is 4.45. The van der Waals surface area contributed by atoms with Gasteiger partial charge in [-0.15, -0.1) is 0 Å². The summed E-state index contributed by atoms with van der Waals surface area (Å²) in [5, 5.41) is 14.8. The van der Waals surface area contributed by atoms with Gasteiger partial charge in [0.05, 0.1) is 17.0 Å². The molecule has 28 heavy (non-hydrogen) atoms. The highest BCUT2D eigenvalue weighted by Crippen LogP contribution is 2.48. The minimum atomic E-state index is -4.98. The van der Waals surface area contributed by atoms with Crippen molar-refractivity contribution in [3.8, 4) is 0 Å². The zero-order chi connectivity index (χ0) is 20.1. The second-order valence-corrected chi connectivity index (χ2v) is 7.37. The van der Waals surface area contributed by atoms with Crippen LogP contribution >= 0.6 is 0 Å². The van der Waals surface area contributed by atoms with Crippen LogP contribution < -0.4 is 0 Å². The van der Waals surface area contributed by atoms with Gasteiger partial charge >= 0.3 is 6.18 Å². The third-order valence-corrected chi connectivity index (χ3v) is 5.66. The predicted octanol–water partition coefficient (Wildman–Crippen LogP) is 3.37. The molecule has 1 aliphatic heterocycles. The highest BCUT2D eigenvalue weighted by Gasteiger charge is 2.68. The van der Waals surface area contributed by atoms with Gasteiger partial charge in [0, 0.05) is 18.7 Å². The predicted molar refractivity (Wildman–Crippen MR) is 96.3 cm³/mol. The largest absolute Gasteiger partial charge is 0.439 e. The molecule has 1 aliphatic carbocycles. The Balaban J connectivity index is 1.59. The van der Waals surface area contributed by atoms with E-state index in [0.717, 1.165) is 11.0 Å². The molecule has 9 heteroatoms. The monoisotopic (exact) mass is 394 g/mol. The summed E-state index contributed by atoms with van der Waals surface area (Å²) in [5.74, 6) is -1.36. The number of para-hydroxylation sites is 2. The minimum absolute atomic E-state index is 0.158. The number of halogens is 3. The average molecular weight is 394 g/mol. The quantitative estimate of drug-likeness (QED) is 0.868. The first kappa shape index (κ1) is 18.9. The molecular formula is C19H21F3N4O2. The van der Waals surface area contributed by atoms with E-state index in [1.54, 1.807) is 11.5 Å². The summed E-state index contributed by atoms with van der Waals surface area (Å²) in [6.45, 7) is 1.94. The number of aryl methyl sites for hydroxylation is 2. The summed E-state index contributed by atoms with van der Waals surface area (Å²) in [6, 6.07) is 7.35. The number of aliphatic hydroxyl groups is 1. The third-order valence-electron chi connectivity index (χ3n) is 5.66. The van der Waals surface area contributed by atoms with Crippen molar-refractivity contribution in [1.29, 1.82) is 0 Å². The van der Waals surface area contributed by atoms with Gasteiger partial charge in [0.15, 0.2) is 0 Å². The Hall–Kier alpha value is -2.42. The number of alkyl halides is 3. The number of hydrogen-bond donors (Lipinski definition) is 1. The van der Waals surface area contributed by atoms with Crippen LogP contribution in [-0.2, 0) is 11.3 Å². The number of carbonyl (C=O) groups is 1. The molecule has 1 aromatic heterocycles. The SMILES string of the molecule is Cc1nc2ccccc2n1CCC(=O)N1N=C2CCCCC2C1(O)C(F)(F)F. The molecule has 1 N–H and O–H groups in total. The van der Waals surface area contributed by atoms with Gasteiger partial charge in [-0.3, -0.25) is 4.79 Å². The van der Waals surface area contributed by atoms with Crippen molar-refractivity contribution in [3.63, 3.8) is 0 Å². The third kappa shape index (κ3) is 2.80. The van der Waals surface area contributed by atoms with E-state index < -0.39 is 23.7 Å². The van der Waals surface area contributed by atoms with Crippen LogP contribution in [0.15, 0.2) is 29.4 Å². The number of imidazole rings is 1. The number of hydrogen-bond acceptors (Lipinski definition) is 4. The summed E-state index contributed by atoms with van der Waals surface area (Å²) < 4.78 is 43.1. The highest BCUT2D eigenvalue weighted by molar-refractivity contribution is 5.93. The van der Waals surface area contributed by atoms with Crippen LogP contribution in [0.3, 0.4) is 0 Å². The highest BCUT2D eigenvalue weighted by atomic mass is 19.4. The van der Waals surface area contributed by atoms with Crippen molar-refractivity contribution in [2.45, 2.75) is 57.5 Å². The van der Waals surface area contributed by atoms with Crippen LogP contribution in [0.1, 0.15) is 37.9 Å². The van der Waals surface area contributed by atoms with Crippen molar-refractivity contribution in [2.75, 3.05) is 0 Å². The molecule has 1 fully saturated rings. The molecule has 2 unspecified atom stereocenters. The van der Waals surface area contributed by atoms with E-state index in [-0.39, 0.29) is 30.1 Å². The molecule has 0 bridgehead atoms. The lowest BCUT2D eigenvalue weighted by Crippen LogP contribution is -2.61. The van der Waals surface area contributed by atoms with E-state index in [2.05, 4.69) is 10.1 Å². The Morgan fingerprint density at radius 2 is 2.07 bits per heavy atom. The molecule has 1 saturated carbocycles. The van der Waals surface area contributed by atoms with Crippen LogP contribution in [0.4, 0.5) is 13.2 Å². The molecule has 2 atom stereocenters. The number of hydrazone groups is 1. The van der Waals surface area contributed by atoms with Crippen molar-refractivity contribution in [2.24, 2.45) is 11.0 Å². The summed E-state index contributed by atoms with van der Waals surface area (Å²) in [6.07, 6.45) is -3.37. The van der Waals surface area contributed by atoms with Crippen LogP contribution in [0, 0.1) is 12.8 Å². The van der Waals surface area contributed by atoms with Gasteiger partial charge in [-0.25, -0.2) is 4.98 Å². The Morgan fingerprint density at radius 1 is 1.32 bits per heavy atom. The lowest BCUT2D eigenvalue weighted by atomic mass is 9.80. The molecule has 1 aromatic carbocycles. The number of aromatic nitrogens is 2. The van der Waals surface area contributed by atoms with Gasteiger partial charge in [-0.05, 0) is 38.3 Å². The van der Waals surface area contributed by atoms with E-state index in [4.69, 9.17) is 0 Å². The summed E-state index contributed by atoms with van der Waals surface area (Å²) >= 11 is 0. The maximum Gasteiger partial charge on any atom is 0.439 e. The van der Waals surface area contributed by atoms with Gasteiger partial charge in [0.25, 0.3) is 5.72 Å². The Morgan fingerprint density at radius 3 is 2.82 bits per heavy atom. The molecule has 4 rings (SSSR count). The van der Waals surface area contributed by atoms with Crippen molar-refractivity contribution in [1.82, 2.24) is 14.6 Å². The molecule has 150 valence electrons. The van der Waals surface area contributed by atoms with Crippen LogP contribution in [0.25, 0.3) is 11.0 Å². The summed E-state index contributed by atoms with van der Waals surface area (Å²) in [4.78, 5) is 17.1. The average Bonchev–Trinajstić information content (AvgIpc) is 3.14. The van der Waals surface area contributed by atoms with Crippen LogP contribution in [0.2, 0.25) is 0 Å². The smallest absolute Gasteiger partial charge is 0.362 e. The second-order valence-electron chi connectivity index (χ2n) is 7.37. The Labute approximate surface area is 159 Å². The van der Waals surface area contributed by atoms with Gasteiger partial charge in [0.2, 0.25) is 5.91 Å². The second kappa shape index (κ2) is 6.58. The zero-order valence-corrected chi connectivity index (χ0v) is 15.4. The molecule has 6 nitrogen and oxygen atoms in total. The molecule has 2 aliphatic rings. The fraction of sp³-hybridized carbons (Fsp3) is 0.526. The molecule has 0 radical (unpaired) electrons. The zero-order valence-electron chi connectivity index (χ0n) is 15.4. The van der Waals surface area contributed by atoms with E-state index in [0.29, 0.717) is 25.1 Å². The molecule has 2 aromatic rings. The number of nitrogens with zero attached hydrogens (tertiary/aromatic N) is 4. The van der Waals surface area contributed by atoms with Crippen LogP contribution in [0.5, 0.6) is 0 Å². The van der Waals surface area contributed by atoms with E-state index in [9.17, 15) is 23.1 Å². The number of rotatable bonds is 3. The van der Waals surface area contributed by atoms with E-state index >= 15 is 0 Å². The standard InChI is InChI=1S/C19H21F3N4O2/c1-12-23-15-8-4-5-9-16(15)25(12)11-10-17(27)26-18(28,19(20,21)22)13-6-2-3-7-14(13)24-26/h4-5,8-9,13,28H,2-3,6-7,10-11H2,1H3. The summed E-state index contributed by atoms with van der Waals surface area (Å²) in [7, 11) is 0. The van der Waals surface area contributed by atoms with Gasteiger partial charge in [0.1, 0.15) is 5.82 Å². The fourth-order valence-corrected chi connectivity index (χ4v) is 4.26. The minimum Gasteiger partial charge on any atom is -0.362 e. The fourth-order valence-electron chi connectivity index (χ4n) is 4.26. The molecular weight excluding hydrogens is 373 g/mol. The number of carbonyl (C=O) groups excluding carboxylic acids is 1. The number of amides is 1. The summed E-state index contributed by atoms with van der Waals surface area (Å²) in [5.41, 5.74) is -1.43. The molecule has 0 spiro atoms. The van der Waals surface area contributed by atoms with Gasteiger partial charge < -0.3 is 9.67 Å². The number of fused-ring (bicyclic) bond motifs is 2. The maximum absolute atomic E-state index is 13.8. The van der Waals surface area contributed by atoms with Crippen LogP contribution in [-0.4, -0.2) is 43.2 Å². The molecule has 1 amide bonds. The topological polar surface area (TPSA) is 70.7 Å². The lowest BCUT2D eigenvalue weighted by Gasteiger charge is -2.38. The Bertz CT molecular complexity index is 952. The first-order valence-electron chi connectivity index (χ1n) is 9.35. The van der Waals surface area contributed by atoms with E-state index in [1.165, 1.54) is 0 Å². The van der Waals surface area contributed by atoms with Gasteiger partial charge in [-0.1, -0.05) is 18.6 Å². The molecule has 0 saturated heterocycles. The van der Waals surface area contributed by atoms with Crippen molar-refractivity contribution < 1.29 is 23.1 Å². The van der Waals surface area contributed by atoms with Crippen molar-refractivity contribution >= 4 is 22.7 Å². The normalized spacial score (nSPS) is 25.1. The van der Waals surface area contributed by atoms with Crippen molar-refractivity contribution in [3.05, 3.63) is 30.1 Å². The van der Waals surface area contributed by atoms with Gasteiger partial charge in [-0.2, -0.15) is 23.3 Å². The maximum atomic E-state index is 13.8. The lowest BCUT2D eigenvalue weighted by molar-refractivity contribution is -0.317.